The number of rotatable bonds is 6. The summed E-state index contributed by atoms with van der Waals surface area (Å²) in [4.78, 5) is 8.76. The lowest BCUT2D eigenvalue weighted by molar-refractivity contribution is 0.242. The van der Waals surface area contributed by atoms with Crippen LogP contribution in [0.2, 0.25) is 0 Å². The molecule has 5 nitrogen and oxygen atoms in total. The van der Waals surface area contributed by atoms with Gasteiger partial charge in [0.25, 0.3) is 0 Å². The molecular weight excluding hydrogens is 312 g/mol. The summed E-state index contributed by atoms with van der Waals surface area (Å²) in [6, 6.07) is 17.7. The summed E-state index contributed by atoms with van der Waals surface area (Å²) in [6.07, 6.45) is 1.89. The van der Waals surface area contributed by atoms with Crippen LogP contribution in [0.3, 0.4) is 0 Å². The maximum absolute atomic E-state index is 5.65. The fourth-order valence-electron chi connectivity index (χ4n) is 2.29. The number of benzene rings is 2. The van der Waals surface area contributed by atoms with Crippen LogP contribution in [0.4, 0.5) is 23.1 Å². The Balaban J connectivity index is 1.68. The summed E-state index contributed by atoms with van der Waals surface area (Å²) in [6.45, 7) is 6.08. The first kappa shape index (κ1) is 16.8. The molecule has 0 aliphatic carbocycles. The van der Waals surface area contributed by atoms with E-state index in [1.54, 1.807) is 6.20 Å². The molecule has 3 rings (SSSR count). The van der Waals surface area contributed by atoms with Gasteiger partial charge in [0.05, 0.1) is 6.10 Å². The number of ether oxygens (including phenoxy) is 1. The van der Waals surface area contributed by atoms with E-state index in [2.05, 4.69) is 27.5 Å². The van der Waals surface area contributed by atoms with Gasteiger partial charge in [-0.3, -0.25) is 0 Å². The fraction of sp³-hybridized carbons (Fsp3) is 0.200. The molecule has 1 aromatic heterocycles. The summed E-state index contributed by atoms with van der Waals surface area (Å²) in [5, 5.41) is 6.48. The normalized spacial score (nSPS) is 10.6. The van der Waals surface area contributed by atoms with E-state index >= 15 is 0 Å². The molecule has 128 valence electrons. The lowest BCUT2D eigenvalue weighted by Crippen LogP contribution is -2.05. The van der Waals surface area contributed by atoms with E-state index in [0.29, 0.717) is 5.95 Å². The molecule has 2 aromatic carbocycles. The predicted octanol–water partition coefficient (Wildman–Crippen LogP) is 5.06. The Morgan fingerprint density at radius 3 is 2.16 bits per heavy atom. The molecule has 2 N–H and O–H groups in total. The molecule has 0 atom stereocenters. The van der Waals surface area contributed by atoms with E-state index in [0.717, 1.165) is 22.9 Å². The van der Waals surface area contributed by atoms with Crippen molar-refractivity contribution in [1.82, 2.24) is 9.97 Å². The van der Waals surface area contributed by atoms with Gasteiger partial charge in [-0.25, -0.2) is 4.98 Å². The zero-order valence-electron chi connectivity index (χ0n) is 14.7. The highest BCUT2D eigenvalue weighted by Crippen LogP contribution is 2.21. The second-order valence-corrected chi connectivity index (χ2v) is 6.07. The molecule has 1 heterocycles. The molecule has 0 radical (unpaired) electrons. The number of nitrogens with zero attached hydrogens (tertiary/aromatic N) is 2. The third-order valence-corrected chi connectivity index (χ3v) is 3.46. The molecule has 0 saturated heterocycles. The third-order valence-electron chi connectivity index (χ3n) is 3.46. The Bertz CT molecular complexity index is 814. The minimum atomic E-state index is 0.163. The van der Waals surface area contributed by atoms with Crippen molar-refractivity contribution < 1.29 is 4.74 Å². The van der Waals surface area contributed by atoms with Crippen LogP contribution in [0, 0.1) is 6.92 Å². The second kappa shape index (κ2) is 7.66. The standard InChI is InChI=1S/C20H22N4O/c1-14(2)25-18-10-8-16(9-11-18)22-19-12-13-21-20(24-19)23-17-6-4-15(3)5-7-17/h4-14H,1-3H3,(H2,21,22,23,24). The topological polar surface area (TPSA) is 59.1 Å². The van der Waals surface area contributed by atoms with Crippen LogP contribution >= 0.6 is 0 Å². The summed E-state index contributed by atoms with van der Waals surface area (Å²) in [5.41, 5.74) is 3.11. The van der Waals surface area contributed by atoms with Gasteiger partial charge in [0, 0.05) is 17.6 Å². The first-order valence-electron chi connectivity index (χ1n) is 8.29. The van der Waals surface area contributed by atoms with Crippen molar-refractivity contribution >= 4 is 23.1 Å². The molecule has 0 saturated carbocycles. The first-order chi connectivity index (χ1) is 12.1. The summed E-state index contributed by atoms with van der Waals surface area (Å²) >= 11 is 0. The zero-order chi connectivity index (χ0) is 17.6. The average molecular weight is 334 g/mol. The smallest absolute Gasteiger partial charge is 0.229 e. The molecule has 0 bridgehead atoms. The van der Waals surface area contributed by atoms with Gasteiger partial charge in [0.15, 0.2) is 0 Å². The van der Waals surface area contributed by atoms with E-state index in [-0.39, 0.29) is 6.10 Å². The monoisotopic (exact) mass is 334 g/mol. The van der Waals surface area contributed by atoms with Crippen molar-refractivity contribution in [3.8, 4) is 5.75 Å². The number of aromatic nitrogens is 2. The molecule has 0 fully saturated rings. The van der Waals surface area contributed by atoms with Crippen molar-refractivity contribution in [3.63, 3.8) is 0 Å². The quantitative estimate of drug-likeness (QED) is 0.660. The average Bonchev–Trinajstić information content (AvgIpc) is 2.59. The fourth-order valence-corrected chi connectivity index (χ4v) is 2.29. The Kier molecular flexibility index (Phi) is 5.14. The Morgan fingerprint density at radius 2 is 1.48 bits per heavy atom. The van der Waals surface area contributed by atoms with Crippen molar-refractivity contribution in [2.45, 2.75) is 26.9 Å². The highest BCUT2D eigenvalue weighted by molar-refractivity contribution is 5.60. The summed E-state index contributed by atoms with van der Waals surface area (Å²) in [7, 11) is 0. The minimum absolute atomic E-state index is 0.163. The van der Waals surface area contributed by atoms with Gasteiger partial charge in [0.2, 0.25) is 5.95 Å². The van der Waals surface area contributed by atoms with Crippen LogP contribution in [0.1, 0.15) is 19.4 Å². The highest BCUT2D eigenvalue weighted by Gasteiger charge is 2.02. The van der Waals surface area contributed by atoms with Gasteiger partial charge in [-0.05, 0) is 63.2 Å². The van der Waals surface area contributed by atoms with Gasteiger partial charge in [-0.2, -0.15) is 4.98 Å². The summed E-state index contributed by atoms with van der Waals surface area (Å²) < 4.78 is 5.65. The molecule has 25 heavy (non-hydrogen) atoms. The summed E-state index contributed by atoms with van der Waals surface area (Å²) in [5.74, 6) is 2.13. The maximum atomic E-state index is 5.65. The maximum Gasteiger partial charge on any atom is 0.229 e. The lowest BCUT2D eigenvalue weighted by atomic mass is 10.2. The largest absolute Gasteiger partial charge is 0.491 e. The predicted molar refractivity (Wildman–Crippen MR) is 102 cm³/mol. The van der Waals surface area contributed by atoms with Crippen molar-refractivity contribution in [3.05, 3.63) is 66.4 Å². The van der Waals surface area contributed by atoms with Crippen molar-refractivity contribution in [2.75, 3.05) is 10.6 Å². The van der Waals surface area contributed by atoms with Crippen LogP contribution in [0.15, 0.2) is 60.8 Å². The van der Waals surface area contributed by atoms with Gasteiger partial charge in [-0.15, -0.1) is 0 Å². The van der Waals surface area contributed by atoms with Crippen LogP contribution in [-0.2, 0) is 0 Å². The van der Waals surface area contributed by atoms with E-state index in [1.807, 2.05) is 68.4 Å². The van der Waals surface area contributed by atoms with E-state index in [1.165, 1.54) is 5.56 Å². The van der Waals surface area contributed by atoms with Crippen LogP contribution in [-0.4, -0.2) is 16.1 Å². The first-order valence-corrected chi connectivity index (χ1v) is 8.29. The number of nitrogens with one attached hydrogen (secondary N) is 2. The molecule has 3 aromatic rings. The molecule has 0 amide bonds. The zero-order valence-corrected chi connectivity index (χ0v) is 14.7. The van der Waals surface area contributed by atoms with E-state index < -0.39 is 0 Å². The van der Waals surface area contributed by atoms with Crippen LogP contribution < -0.4 is 15.4 Å². The number of hydrogen-bond acceptors (Lipinski definition) is 5. The van der Waals surface area contributed by atoms with Crippen LogP contribution in [0.25, 0.3) is 0 Å². The van der Waals surface area contributed by atoms with Crippen molar-refractivity contribution in [2.24, 2.45) is 0 Å². The lowest BCUT2D eigenvalue weighted by Gasteiger charge is -2.11. The number of aryl methyl sites for hydroxylation is 1. The van der Waals surface area contributed by atoms with Gasteiger partial charge in [-0.1, -0.05) is 17.7 Å². The van der Waals surface area contributed by atoms with E-state index in [9.17, 15) is 0 Å². The molecule has 0 aliphatic heterocycles. The van der Waals surface area contributed by atoms with Crippen molar-refractivity contribution in [1.29, 1.82) is 0 Å². The molecule has 0 unspecified atom stereocenters. The third kappa shape index (κ3) is 4.94. The minimum Gasteiger partial charge on any atom is -0.491 e. The Labute approximate surface area is 148 Å². The SMILES string of the molecule is Cc1ccc(Nc2nccc(Nc3ccc(OC(C)C)cc3)n2)cc1. The Morgan fingerprint density at radius 1 is 0.840 bits per heavy atom. The Hall–Kier alpha value is -3.08. The molecule has 0 aliphatic rings. The number of hydrogen-bond donors (Lipinski definition) is 2. The molecule has 5 heteroatoms. The molecule has 0 spiro atoms. The van der Waals surface area contributed by atoms with Crippen LogP contribution in [0.5, 0.6) is 5.75 Å². The second-order valence-electron chi connectivity index (χ2n) is 6.07. The number of anilines is 4. The van der Waals surface area contributed by atoms with Gasteiger partial charge < -0.3 is 15.4 Å². The highest BCUT2D eigenvalue weighted by atomic mass is 16.5. The van der Waals surface area contributed by atoms with Gasteiger partial charge in [0.1, 0.15) is 11.6 Å². The van der Waals surface area contributed by atoms with Gasteiger partial charge >= 0.3 is 0 Å². The molecular formula is C20H22N4O. The van der Waals surface area contributed by atoms with E-state index in [4.69, 9.17) is 4.74 Å².